The van der Waals surface area contributed by atoms with Gasteiger partial charge in [0.2, 0.25) is 5.91 Å². The predicted octanol–water partition coefficient (Wildman–Crippen LogP) is 2.75. The highest BCUT2D eigenvalue weighted by Gasteiger charge is 2.19. The molecule has 1 heterocycles. The zero-order valence-electron chi connectivity index (χ0n) is 16.7. The van der Waals surface area contributed by atoms with Crippen molar-refractivity contribution in [1.29, 1.82) is 0 Å². The minimum atomic E-state index is -0.286. The van der Waals surface area contributed by atoms with Gasteiger partial charge in [0.05, 0.1) is 0 Å². The van der Waals surface area contributed by atoms with Gasteiger partial charge in [0.25, 0.3) is 11.8 Å². The summed E-state index contributed by atoms with van der Waals surface area (Å²) in [6.07, 6.45) is 2.30. The fraction of sp³-hybridized carbons (Fsp3) is 0.348. The average molecular weight is 393 g/mol. The predicted molar refractivity (Wildman–Crippen MR) is 111 cm³/mol. The van der Waals surface area contributed by atoms with Crippen LogP contribution in [0.2, 0.25) is 0 Å². The molecule has 0 saturated carbocycles. The molecular formula is C23H27N3O3. The molecule has 0 radical (unpaired) electrons. The highest BCUT2D eigenvalue weighted by atomic mass is 16.2. The number of carbonyl (C=O) groups excluding carboxylic acids is 3. The molecular weight excluding hydrogens is 366 g/mol. The van der Waals surface area contributed by atoms with E-state index in [1.807, 2.05) is 35.2 Å². The average Bonchev–Trinajstić information content (AvgIpc) is 3.27. The van der Waals surface area contributed by atoms with Crippen molar-refractivity contribution >= 4 is 17.7 Å². The van der Waals surface area contributed by atoms with Gasteiger partial charge in [-0.1, -0.05) is 30.3 Å². The molecule has 1 fully saturated rings. The largest absolute Gasteiger partial charge is 0.352 e. The number of carbonyl (C=O) groups is 3. The van der Waals surface area contributed by atoms with Gasteiger partial charge in [-0.3, -0.25) is 14.4 Å². The first-order chi connectivity index (χ1) is 14.0. The maximum atomic E-state index is 12.5. The molecule has 0 aliphatic carbocycles. The second-order valence-electron chi connectivity index (χ2n) is 7.42. The third kappa shape index (κ3) is 5.91. The van der Waals surface area contributed by atoms with Crippen LogP contribution in [0.5, 0.6) is 0 Å². The van der Waals surface area contributed by atoms with E-state index in [0.717, 1.165) is 31.5 Å². The second-order valence-corrected chi connectivity index (χ2v) is 7.42. The molecule has 2 aromatic carbocycles. The standard InChI is InChI=1S/C23H27N3O3/c1-17(25-22(28)19-9-3-2-4-10-19)14-21(27)24-16-18-8-7-11-20(15-18)23(29)26-12-5-6-13-26/h2-4,7-11,15,17H,5-6,12-14,16H2,1H3,(H,24,27)(H,25,28). The summed E-state index contributed by atoms with van der Waals surface area (Å²) >= 11 is 0. The van der Waals surface area contributed by atoms with Gasteiger partial charge in [-0.05, 0) is 49.6 Å². The molecule has 0 aromatic heterocycles. The molecule has 3 rings (SSSR count). The molecule has 1 saturated heterocycles. The molecule has 1 unspecified atom stereocenters. The lowest BCUT2D eigenvalue weighted by molar-refractivity contribution is -0.121. The van der Waals surface area contributed by atoms with E-state index >= 15 is 0 Å². The Bertz CT molecular complexity index is 861. The molecule has 3 amide bonds. The first-order valence-electron chi connectivity index (χ1n) is 10.0. The molecule has 6 heteroatoms. The van der Waals surface area contributed by atoms with E-state index in [9.17, 15) is 14.4 Å². The monoisotopic (exact) mass is 393 g/mol. The van der Waals surface area contributed by atoms with Gasteiger partial charge in [-0.25, -0.2) is 0 Å². The summed E-state index contributed by atoms with van der Waals surface area (Å²) in [6.45, 7) is 3.77. The molecule has 1 aliphatic rings. The minimum Gasteiger partial charge on any atom is -0.352 e. The highest BCUT2D eigenvalue weighted by Crippen LogP contribution is 2.14. The van der Waals surface area contributed by atoms with E-state index in [2.05, 4.69) is 10.6 Å². The SMILES string of the molecule is CC(CC(=O)NCc1cccc(C(=O)N2CCCC2)c1)NC(=O)c1ccccc1. The molecule has 0 bridgehead atoms. The normalized spacial score (nSPS) is 14.3. The summed E-state index contributed by atoms with van der Waals surface area (Å²) in [4.78, 5) is 38.8. The maximum absolute atomic E-state index is 12.5. The Morgan fingerprint density at radius 2 is 1.66 bits per heavy atom. The van der Waals surface area contributed by atoms with Crippen LogP contribution >= 0.6 is 0 Å². The van der Waals surface area contributed by atoms with Gasteiger partial charge < -0.3 is 15.5 Å². The third-order valence-electron chi connectivity index (χ3n) is 4.96. The Morgan fingerprint density at radius 1 is 0.966 bits per heavy atom. The Kier molecular flexibility index (Phi) is 7.00. The van der Waals surface area contributed by atoms with E-state index in [-0.39, 0.29) is 30.2 Å². The number of likely N-dealkylation sites (tertiary alicyclic amines) is 1. The van der Waals surface area contributed by atoms with Crippen LogP contribution in [0.15, 0.2) is 54.6 Å². The first kappa shape index (κ1) is 20.6. The second kappa shape index (κ2) is 9.87. The Hall–Kier alpha value is -3.15. The summed E-state index contributed by atoms with van der Waals surface area (Å²) in [6, 6.07) is 16.0. The van der Waals surface area contributed by atoms with Crippen LogP contribution in [0.4, 0.5) is 0 Å². The van der Waals surface area contributed by atoms with Gasteiger partial charge in [-0.2, -0.15) is 0 Å². The minimum absolute atomic E-state index is 0.0490. The van der Waals surface area contributed by atoms with E-state index in [4.69, 9.17) is 0 Å². The van der Waals surface area contributed by atoms with Crippen LogP contribution in [0.3, 0.4) is 0 Å². The number of nitrogens with one attached hydrogen (secondary N) is 2. The lowest BCUT2D eigenvalue weighted by Crippen LogP contribution is -2.37. The zero-order valence-corrected chi connectivity index (χ0v) is 16.7. The third-order valence-corrected chi connectivity index (χ3v) is 4.96. The van der Waals surface area contributed by atoms with Crippen LogP contribution in [0.1, 0.15) is 52.5 Å². The summed E-state index contributed by atoms with van der Waals surface area (Å²) in [5.41, 5.74) is 2.10. The van der Waals surface area contributed by atoms with E-state index in [0.29, 0.717) is 17.7 Å². The molecule has 152 valence electrons. The van der Waals surface area contributed by atoms with E-state index in [1.54, 1.807) is 31.2 Å². The number of benzene rings is 2. The Morgan fingerprint density at radius 3 is 2.38 bits per heavy atom. The van der Waals surface area contributed by atoms with Crippen molar-refractivity contribution in [3.05, 3.63) is 71.3 Å². The summed E-state index contributed by atoms with van der Waals surface area (Å²) in [5, 5.41) is 5.69. The molecule has 1 atom stereocenters. The first-order valence-corrected chi connectivity index (χ1v) is 10.0. The number of nitrogens with zero attached hydrogens (tertiary/aromatic N) is 1. The number of hydrogen-bond donors (Lipinski definition) is 2. The lowest BCUT2D eigenvalue weighted by atomic mass is 10.1. The molecule has 29 heavy (non-hydrogen) atoms. The number of rotatable bonds is 7. The summed E-state index contributed by atoms with van der Waals surface area (Å²) in [7, 11) is 0. The number of hydrogen-bond acceptors (Lipinski definition) is 3. The van der Waals surface area contributed by atoms with Crippen molar-refractivity contribution in [1.82, 2.24) is 15.5 Å². The fourth-order valence-electron chi connectivity index (χ4n) is 3.42. The van der Waals surface area contributed by atoms with Crippen molar-refractivity contribution in [3.8, 4) is 0 Å². The van der Waals surface area contributed by atoms with Crippen molar-refractivity contribution in [3.63, 3.8) is 0 Å². The van der Waals surface area contributed by atoms with E-state index in [1.165, 1.54) is 0 Å². The van der Waals surface area contributed by atoms with Crippen molar-refractivity contribution < 1.29 is 14.4 Å². The van der Waals surface area contributed by atoms with Gasteiger partial charge >= 0.3 is 0 Å². The van der Waals surface area contributed by atoms with Crippen LogP contribution in [0.25, 0.3) is 0 Å². The van der Waals surface area contributed by atoms with Crippen molar-refractivity contribution in [2.75, 3.05) is 13.1 Å². The highest BCUT2D eigenvalue weighted by molar-refractivity contribution is 5.95. The molecule has 2 aromatic rings. The van der Waals surface area contributed by atoms with Gasteiger partial charge in [0.1, 0.15) is 0 Å². The van der Waals surface area contributed by atoms with Gasteiger partial charge in [-0.15, -0.1) is 0 Å². The smallest absolute Gasteiger partial charge is 0.253 e. The van der Waals surface area contributed by atoms with Crippen molar-refractivity contribution in [2.24, 2.45) is 0 Å². The molecule has 0 spiro atoms. The van der Waals surface area contributed by atoms with Gasteiger partial charge in [0, 0.05) is 43.2 Å². The maximum Gasteiger partial charge on any atom is 0.253 e. The molecule has 1 aliphatic heterocycles. The molecule has 6 nitrogen and oxygen atoms in total. The topological polar surface area (TPSA) is 78.5 Å². The zero-order chi connectivity index (χ0) is 20.6. The summed E-state index contributed by atoms with van der Waals surface area (Å²) < 4.78 is 0. The van der Waals surface area contributed by atoms with Crippen molar-refractivity contribution in [2.45, 2.75) is 38.8 Å². The quantitative estimate of drug-likeness (QED) is 0.759. The van der Waals surface area contributed by atoms with Crippen LogP contribution in [-0.2, 0) is 11.3 Å². The Balaban J connectivity index is 1.47. The van der Waals surface area contributed by atoms with E-state index < -0.39 is 0 Å². The van der Waals surface area contributed by atoms with Crippen LogP contribution < -0.4 is 10.6 Å². The van der Waals surface area contributed by atoms with Crippen LogP contribution in [-0.4, -0.2) is 41.8 Å². The van der Waals surface area contributed by atoms with Crippen LogP contribution in [0, 0.1) is 0 Å². The summed E-state index contributed by atoms with van der Waals surface area (Å²) in [5.74, 6) is -0.297. The number of amides is 3. The lowest BCUT2D eigenvalue weighted by Gasteiger charge is -2.16. The van der Waals surface area contributed by atoms with Gasteiger partial charge in [0.15, 0.2) is 0 Å². The fourth-order valence-corrected chi connectivity index (χ4v) is 3.42. The Labute approximate surface area is 171 Å². The molecule has 2 N–H and O–H groups in total.